The Morgan fingerprint density at radius 3 is 2.71 bits per heavy atom. The third-order valence-electron chi connectivity index (χ3n) is 3.13. The summed E-state index contributed by atoms with van der Waals surface area (Å²) in [5, 5.41) is 11.7. The van der Waals surface area contributed by atoms with Gasteiger partial charge in [0.25, 0.3) is 0 Å². The van der Waals surface area contributed by atoms with E-state index in [9.17, 15) is 4.79 Å². The zero-order valence-corrected chi connectivity index (χ0v) is 10.8. The van der Waals surface area contributed by atoms with E-state index in [-0.39, 0.29) is 24.5 Å². The second-order valence-electron chi connectivity index (χ2n) is 4.58. The first-order chi connectivity index (χ1) is 8.19. The zero-order valence-electron chi connectivity index (χ0n) is 10.8. The van der Waals surface area contributed by atoms with E-state index >= 15 is 0 Å². The third-order valence-corrected chi connectivity index (χ3v) is 3.13. The van der Waals surface area contributed by atoms with Crippen molar-refractivity contribution in [3.63, 3.8) is 0 Å². The molecule has 0 saturated carbocycles. The first kappa shape index (κ1) is 14.4. The maximum atomic E-state index is 12.0. The number of piperidine rings is 1. The first-order valence-corrected chi connectivity index (χ1v) is 6.35. The van der Waals surface area contributed by atoms with Gasteiger partial charge in [0.2, 0.25) is 5.91 Å². The van der Waals surface area contributed by atoms with E-state index in [2.05, 4.69) is 5.32 Å². The van der Waals surface area contributed by atoms with Crippen LogP contribution in [0.4, 0.5) is 0 Å². The van der Waals surface area contributed by atoms with Crippen molar-refractivity contribution in [3.8, 4) is 0 Å². The van der Waals surface area contributed by atoms with Gasteiger partial charge in [-0.15, -0.1) is 0 Å². The summed E-state index contributed by atoms with van der Waals surface area (Å²) in [7, 11) is 1.86. The third kappa shape index (κ3) is 4.61. The molecule has 1 saturated heterocycles. The predicted octanol–water partition coefficient (Wildman–Crippen LogP) is -0.158. The summed E-state index contributed by atoms with van der Waals surface area (Å²) >= 11 is 0. The van der Waals surface area contributed by atoms with Gasteiger partial charge in [0, 0.05) is 25.6 Å². The van der Waals surface area contributed by atoms with E-state index < -0.39 is 0 Å². The molecule has 1 aliphatic rings. The summed E-state index contributed by atoms with van der Waals surface area (Å²) in [5.41, 5.74) is 0. The molecule has 17 heavy (non-hydrogen) atoms. The number of carbonyl (C=O) groups is 1. The van der Waals surface area contributed by atoms with Crippen LogP contribution in [0.1, 0.15) is 19.8 Å². The minimum absolute atomic E-state index is 0.0370. The number of likely N-dealkylation sites (tertiary alicyclic amines) is 1. The van der Waals surface area contributed by atoms with Crippen LogP contribution in [0.25, 0.3) is 0 Å². The quantitative estimate of drug-likeness (QED) is 0.682. The molecule has 0 aromatic heterocycles. The summed E-state index contributed by atoms with van der Waals surface area (Å²) in [5.74, 6) is 0.259. The van der Waals surface area contributed by atoms with E-state index in [1.54, 1.807) is 0 Å². The standard InChI is InChI=1S/C12H24N2O3/c1-10(9-13-2)12(16)14-5-3-11(4-6-14)17-8-7-15/h10-11,13,15H,3-9H2,1-2H3. The number of carbonyl (C=O) groups excluding carboxylic acids is 1. The largest absolute Gasteiger partial charge is 0.394 e. The average molecular weight is 244 g/mol. The molecular weight excluding hydrogens is 220 g/mol. The molecule has 1 amide bonds. The summed E-state index contributed by atoms with van der Waals surface area (Å²) < 4.78 is 5.47. The average Bonchev–Trinajstić information content (AvgIpc) is 2.36. The Balaban J connectivity index is 2.28. The SMILES string of the molecule is CNCC(C)C(=O)N1CCC(OCCO)CC1. The molecule has 0 aliphatic carbocycles. The number of nitrogens with one attached hydrogen (secondary N) is 1. The van der Waals surface area contributed by atoms with Crippen LogP contribution in [0.2, 0.25) is 0 Å². The Morgan fingerprint density at radius 2 is 2.18 bits per heavy atom. The number of ether oxygens (including phenoxy) is 1. The smallest absolute Gasteiger partial charge is 0.226 e. The highest BCUT2D eigenvalue weighted by molar-refractivity contribution is 5.78. The Bertz CT molecular complexity index is 228. The van der Waals surface area contributed by atoms with Crippen molar-refractivity contribution >= 4 is 5.91 Å². The van der Waals surface area contributed by atoms with Gasteiger partial charge in [-0.3, -0.25) is 4.79 Å². The lowest BCUT2D eigenvalue weighted by molar-refractivity contribution is -0.137. The van der Waals surface area contributed by atoms with Gasteiger partial charge in [-0.05, 0) is 19.9 Å². The summed E-state index contributed by atoms with van der Waals surface area (Å²) in [4.78, 5) is 13.9. The van der Waals surface area contributed by atoms with Crippen molar-refractivity contribution in [3.05, 3.63) is 0 Å². The highest BCUT2D eigenvalue weighted by atomic mass is 16.5. The van der Waals surface area contributed by atoms with Crippen molar-refractivity contribution in [2.75, 3.05) is 39.9 Å². The molecule has 1 aliphatic heterocycles. The zero-order chi connectivity index (χ0) is 12.7. The minimum Gasteiger partial charge on any atom is -0.394 e. The molecule has 1 fully saturated rings. The molecule has 5 heteroatoms. The molecule has 5 nitrogen and oxygen atoms in total. The summed E-state index contributed by atoms with van der Waals surface area (Å²) in [6, 6.07) is 0. The molecule has 0 aromatic carbocycles. The van der Waals surface area contributed by atoms with Gasteiger partial charge in [0.05, 0.1) is 19.3 Å². The molecule has 1 atom stereocenters. The molecule has 0 aromatic rings. The number of aliphatic hydroxyl groups is 1. The molecule has 1 rings (SSSR count). The van der Waals surface area contributed by atoms with E-state index in [0.717, 1.165) is 32.5 Å². The van der Waals surface area contributed by atoms with E-state index in [4.69, 9.17) is 9.84 Å². The molecule has 0 spiro atoms. The van der Waals surface area contributed by atoms with Crippen molar-refractivity contribution in [1.29, 1.82) is 0 Å². The second-order valence-corrected chi connectivity index (χ2v) is 4.58. The number of amides is 1. The van der Waals surface area contributed by atoms with E-state index in [1.165, 1.54) is 0 Å². The molecule has 0 radical (unpaired) electrons. The lowest BCUT2D eigenvalue weighted by atomic mass is 10.0. The fraction of sp³-hybridized carbons (Fsp3) is 0.917. The van der Waals surface area contributed by atoms with Crippen molar-refractivity contribution < 1.29 is 14.6 Å². The van der Waals surface area contributed by atoms with Gasteiger partial charge in [0.15, 0.2) is 0 Å². The topological polar surface area (TPSA) is 61.8 Å². The maximum Gasteiger partial charge on any atom is 0.226 e. The number of rotatable bonds is 6. The molecule has 2 N–H and O–H groups in total. The molecular formula is C12H24N2O3. The van der Waals surface area contributed by atoms with Gasteiger partial charge in [-0.2, -0.15) is 0 Å². The van der Waals surface area contributed by atoms with Crippen LogP contribution in [0.15, 0.2) is 0 Å². The van der Waals surface area contributed by atoms with E-state index in [0.29, 0.717) is 6.61 Å². The second kappa shape index (κ2) is 7.63. The molecule has 0 bridgehead atoms. The highest BCUT2D eigenvalue weighted by Crippen LogP contribution is 2.15. The minimum atomic E-state index is 0.0370. The number of hydrogen-bond donors (Lipinski definition) is 2. The van der Waals surface area contributed by atoms with Crippen molar-refractivity contribution in [1.82, 2.24) is 10.2 Å². The van der Waals surface area contributed by atoms with Crippen LogP contribution in [-0.2, 0) is 9.53 Å². The van der Waals surface area contributed by atoms with Gasteiger partial charge in [-0.25, -0.2) is 0 Å². The van der Waals surface area contributed by atoms with Crippen molar-refractivity contribution in [2.24, 2.45) is 5.92 Å². The molecule has 100 valence electrons. The first-order valence-electron chi connectivity index (χ1n) is 6.35. The van der Waals surface area contributed by atoms with Gasteiger partial charge in [-0.1, -0.05) is 6.92 Å². The molecule has 1 unspecified atom stereocenters. The van der Waals surface area contributed by atoms with E-state index in [1.807, 2.05) is 18.9 Å². The van der Waals surface area contributed by atoms with Gasteiger partial charge >= 0.3 is 0 Å². The molecule has 1 heterocycles. The van der Waals surface area contributed by atoms with Crippen LogP contribution < -0.4 is 5.32 Å². The van der Waals surface area contributed by atoms with Crippen LogP contribution >= 0.6 is 0 Å². The van der Waals surface area contributed by atoms with Crippen molar-refractivity contribution in [2.45, 2.75) is 25.9 Å². The predicted molar refractivity (Wildman–Crippen MR) is 65.7 cm³/mol. The number of nitrogens with zero attached hydrogens (tertiary/aromatic N) is 1. The normalized spacial score (nSPS) is 19.4. The van der Waals surface area contributed by atoms with Crippen LogP contribution in [0, 0.1) is 5.92 Å². The fourth-order valence-electron chi connectivity index (χ4n) is 2.17. The van der Waals surface area contributed by atoms with Gasteiger partial charge < -0.3 is 20.1 Å². The van der Waals surface area contributed by atoms with Gasteiger partial charge in [0.1, 0.15) is 0 Å². The monoisotopic (exact) mass is 244 g/mol. The van der Waals surface area contributed by atoms with Crippen LogP contribution in [0.3, 0.4) is 0 Å². The Labute approximate surface area is 103 Å². The Morgan fingerprint density at radius 1 is 1.53 bits per heavy atom. The Hall–Kier alpha value is -0.650. The van der Waals surface area contributed by atoms with Crippen LogP contribution in [0.5, 0.6) is 0 Å². The maximum absolute atomic E-state index is 12.0. The lowest BCUT2D eigenvalue weighted by Gasteiger charge is -2.33. The Kier molecular flexibility index (Phi) is 6.47. The summed E-state index contributed by atoms with van der Waals surface area (Å²) in [6.07, 6.45) is 1.95. The lowest BCUT2D eigenvalue weighted by Crippen LogP contribution is -2.44. The highest BCUT2D eigenvalue weighted by Gasteiger charge is 2.25. The number of hydrogen-bond acceptors (Lipinski definition) is 4. The summed E-state index contributed by atoms with van der Waals surface area (Å²) in [6.45, 7) is 4.67. The fourth-order valence-corrected chi connectivity index (χ4v) is 2.17. The van der Waals surface area contributed by atoms with Crippen LogP contribution in [-0.4, -0.2) is 61.9 Å². The number of aliphatic hydroxyl groups excluding tert-OH is 1.